The normalized spacial score (nSPS) is 10.2. The molecule has 0 saturated carbocycles. The SMILES string of the molecule is Cc1cccc(N)c1C(=O)N(C)CCOc1ccccc1. The number of carbonyl (C=O) groups excluding carboxylic acids is 1. The van der Waals surface area contributed by atoms with Crippen molar-refractivity contribution in [3.05, 3.63) is 59.7 Å². The van der Waals surface area contributed by atoms with E-state index >= 15 is 0 Å². The molecule has 0 unspecified atom stereocenters. The first-order chi connectivity index (χ1) is 10.1. The maximum Gasteiger partial charge on any atom is 0.256 e. The average Bonchev–Trinajstić information content (AvgIpc) is 2.48. The van der Waals surface area contributed by atoms with E-state index in [4.69, 9.17) is 10.5 Å². The number of hydrogen-bond donors (Lipinski definition) is 1. The van der Waals surface area contributed by atoms with E-state index in [9.17, 15) is 4.79 Å². The number of nitrogens with two attached hydrogens (primary N) is 1. The Hall–Kier alpha value is -2.49. The summed E-state index contributed by atoms with van der Waals surface area (Å²) in [4.78, 5) is 14.0. The van der Waals surface area contributed by atoms with Crippen LogP contribution < -0.4 is 10.5 Å². The third-order valence-corrected chi connectivity index (χ3v) is 3.30. The molecular formula is C17H20N2O2. The Bertz CT molecular complexity index is 591. The van der Waals surface area contributed by atoms with E-state index in [0.717, 1.165) is 11.3 Å². The zero-order valence-electron chi connectivity index (χ0n) is 12.4. The van der Waals surface area contributed by atoms with Crippen molar-refractivity contribution in [2.24, 2.45) is 0 Å². The van der Waals surface area contributed by atoms with Crippen LogP contribution in [-0.2, 0) is 0 Å². The molecule has 4 heteroatoms. The maximum atomic E-state index is 12.4. The summed E-state index contributed by atoms with van der Waals surface area (Å²) in [5, 5.41) is 0. The Kier molecular flexibility index (Phi) is 4.82. The molecule has 4 nitrogen and oxygen atoms in total. The van der Waals surface area contributed by atoms with Gasteiger partial charge in [0, 0.05) is 12.7 Å². The second-order valence-corrected chi connectivity index (χ2v) is 4.93. The number of rotatable bonds is 5. The highest BCUT2D eigenvalue weighted by molar-refractivity contribution is 6.00. The van der Waals surface area contributed by atoms with Crippen LogP contribution in [0.2, 0.25) is 0 Å². The number of para-hydroxylation sites is 1. The van der Waals surface area contributed by atoms with E-state index in [1.54, 1.807) is 18.0 Å². The molecule has 0 aliphatic carbocycles. The summed E-state index contributed by atoms with van der Waals surface area (Å²) in [7, 11) is 1.75. The van der Waals surface area contributed by atoms with Crippen LogP contribution in [0.5, 0.6) is 5.75 Å². The van der Waals surface area contributed by atoms with Crippen molar-refractivity contribution < 1.29 is 9.53 Å². The first-order valence-corrected chi connectivity index (χ1v) is 6.88. The minimum absolute atomic E-state index is 0.0812. The molecule has 0 radical (unpaired) electrons. The number of ether oxygens (including phenoxy) is 1. The molecule has 0 saturated heterocycles. The molecule has 0 aromatic heterocycles. The maximum absolute atomic E-state index is 12.4. The van der Waals surface area contributed by atoms with Gasteiger partial charge in [-0.2, -0.15) is 0 Å². The first kappa shape index (κ1) is 14.9. The largest absolute Gasteiger partial charge is 0.492 e. The fourth-order valence-electron chi connectivity index (χ4n) is 2.09. The Balaban J connectivity index is 1.94. The highest BCUT2D eigenvalue weighted by Gasteiger charge is 2.16. The standard InChI is InChI=1S/C17H20N2O2/c1-13-7-6-10-15(18)16(13)17(20)19(2)11-12-21-14-8-4-3-5-9-14/h3-10H,11-12,18H2,1-2H3. The van der Waals surface area contributed by atoms with Crippen LogP contribution in [0, 0.1) is 6.92 Å². The molecule has 2 rings (SSSR count). The molecule has 2 aromatic carbocycles. The minimum Gasteiger partial charge on any atom is -0.492 e. The van der Waals surface area contributed by atoms with Crippen molar-refractivity contribution in [3.63, 3.8) is 0 Å². The fraction of sp³-hybridized carbons (Fsp3) is 0.235. The summed E-state index contributed by atoms with van der Waals surface area (Å²) in [5.74, 6) is 0.719. The number of likely N-dealkylation sites (N-methyl/N-ethyl adjacent to an activating group) is 1. The van der Waals surface area contributed by atoms with Gasteiger partial charge in [0.25, 0.3) is 5.91 Å². The lowest BCUT2D eigenvalue weighted by molar-refractivity contribution is 0.0774. The molecule has 2 aromatic rings. The topological polar surface area (TPSA) is 55.6 Å². The van der Waals surface area contributed by atoms with Gasteiger partial charge in [-0.25, -0.2) is 0 Å². The van der Waals surface area contributed by atoms with Crippen molar-refractivity contribution >= 4 is 11.6 Å². The summed E-state index contributed by atoms with van der Waals surface area (Å²) in [5.41, 5.74) is 7.87. The zero-order chi connectivity index (χ0) is 15.2. The number of aryl methyl sites for hydroxylation is 1. The van der Waals surface area contributed by atoms with Crippen LogP contribution in [0.4, 0.5) is 5.69 Å². The van der Waals surface area contributed by atoms with E-state index in [2.05, 4.69) is 0 Å². The van der Waals surface area contributed by atoms with Crippen molar-refractivity contribution in [2.75, 3.05) is 25.9 Å². The van der Waals surface area contributed by atoms with Gasteiger partial charge in [0.15, 0.2) is 0 Å². The van der Waals surface area contributed by atoms with Crippen molar-refractivity contribution in [1.82, 2.24) is 4.90 Å². The molecule has 0 atom stereocenters. The number of hydrogen-bond acceptors (Lipinski definition) is 3. The Morgan fingerprint density at radius 2 is 1.86 bits per heavy atom. The minimum atomic E-state index is -0.0812. The predicted molar refractivity (Wildman–Crippen MR) is 84.5 cm³/mol. The number of nitrogens with zero attached hydrogens (tertiary/aromatic N) is 1. The molecule has 0 heterocycles. The Labute approximate surface area is 125 Å². The molecule has 2 N–H and O–H groups in total. The lowest BCUT2D eigenvalue weighted by Gasteiger charge is -2.19. The monoisotopic (exact) mass is 284 g/mol. The molecule has 1 amide bonds. The molecule has 0 spiro atoms. The summed E-state index contributed by atoms with van der Waals surface area (Å²) < 4.78 is 5.60. The van der Waals surface area contributed by atoms with Crippen molar-refractivity contribution in [2.45, 2.75) is 6.92 Å². The van der Waals surface area contributed by atoms with Gasteiger partial charge in [0.05, 0.1) is 12.1 Å². The van der Waals surface area contributed by atoms with Crippen LogP contribution in [0.15, 0.2) is 48.5 Å². The van der Waals surface area contributed by atoms with Crippen LogP contribution in [0.3, 0.4) is 0 Å². The summed E-state index contributed by atoms with van der Waals surface area (Å²) in [6.45, 7) is 2.83. The lowest BCUT2D eigenvalue weighted by atomic mass is 10.1. The number of anilines is 1. The second kappa shape index (κ2) is 6.79. The number of benzene rings is 2. The van der Waals surface area contributed by atoms with Crippen LogP contribution >= 0.6 is 0 Å². The molecule has 0 fully saturated rings. The molecule has 110 valence electrons. The number of nitrogen functional groups attached to an aromatic ring is 1. The smallest absolute Gasteiger partial charge is 0.256 e. The summed E-state index contributed by atoms with van der Waals surface area (Å²) in [6, 6.07) is 15.0. The Morgan fingerprint density at radius 1 is 1.14 bits per heavy atom. The Morgan fingerprint density at radius 3 is 2.52 bits per heavy atom. The van der Waals surface area contributed by atoms with E-state index < -0.39 is 0 Å². The molecule has 21 heavy (non-hydrogen) atoms. The third-order valence-electron chi connectivity index (χ3n) is 3.30. The van der Waals surface area contributed by atoms with Crippen molar-refractivity contribution in [3.8, 4) is 5.75 Å². The third kappa shape index (κ3) is 3.75. The molecular weight excluding hydrogens is 264 g/mol. The molecule has 0 bridgehead atoms. The van der Waals surface area contributed by atoms with Crippen molar-refractivity contribution in [1.29, 1.82) is 0 Å². The van der Waals surface area contributed by atoms with Gasteiger partial charge in [-0.05, 0) is 30.7 Å². The van der Waals surface area contributed by atoms with E-state index in [1.807, 2.05) is 49.4 Å². The van der Waals surface area contributed by atoms with Crippen LogP contribution in [0.1, 0.15) is 15.9 Å². The number of amides is 1. The highest BCUT2D eigenvalue weighted by Crippen LogP contribution is 2.18. The van der Waals surface area contributed by atoms with Gasteiger partial charge in [0.2, 0.25) is 0 Å². The van der Waals surface area contributed by atoms with Crippen LogP contribution in [-0.4, -0.2) is 31.0 Å². The number of carbonyl (C=O) groups is 1. The first-order valence-electron chi connectivity index (χ1n) is 6.88. The van der Waals surface area contributed by atoms with E-state index in [-0.39, 0.29) is 5.91 Å². The van der Waals surface area contributed by atoms with Gasteiger partial charge in [-0.15, -0.1) is 0 Å². The summed E-state index contributed by atoms with van der Waals surface area (Å²) >= 11 is 0. The van der Waals surface area contributed by atoms with Gasteiger partial charge in [-0.1, -0.05) is 30.3 Å². The predicted octanol–water partition coefficient (Wildman–Crippen LogP) is 2.73. The van der Waals surface area contributed by atoms with Gasteiger partial charge in [-0.3, -0.25) is 4.79 Å². The van der Waals surface area contributed by atoms with Crippen LogP contribution in [0.25, 0.3) is 0 Å². The zero-order valence-corrected chi connectivity index (χ0v) is 12.4. The highest BCUT2D eigenvalue weighted by atomic mass is 16.5. The van der Waals surface area contributed by atoms with E-state index in [0.29, 0.717) is 24.4 Å². The molecule has 0 aliphatic heterocycles. The second-order valence-electron chi connectivity index (χ2n) is 4.93. The molecule has 0 aliphatic rings. The lowest BCUT2D eigenvalue weighted by Crippen LogP contribution is -2.31. The fourth-order valence-corrected chi connectivity index (χ4v) is 2.09. The van der Waals surface area contributed by atoms with Gasteiger partial charge >= 0.3 is 0 Å². The summed E-state index contributed by atoms with van der Waals surface area (Å²) in [6.07, 6.45) is 0. The quantitative estimate of drug-likeness (QED) is 0.859. The van der Waals surface area contributed by atoms with E-state index in [1.165, 1.54) is 0 Å². The van der Waals surface area contributed by atoms with Gasteiger partial charge < -0.3 is 15.4 Å². The van der Waals surface area contributed by atoms with Gasteiger partial charge in [0.1, 0.15) is 12.4 Å². The average molecular weight is 284 g/mol.